The van der Waals surface area contributed by atoms with Crippen molar-refractivity contribution in [3.63, 3.8) is 0 Å². The smallest absolute Gasteiger partial charge is 0.198 e. The fourth-order valence-electron chi connectivity index (χ4n) is 1.62. The van der Waals surface area contributed by atoms with Crippen LogP contribution in [0.5, 0.6) is 0 Å². The van der Waals surface area contributed by atoms with E-state index in [0.717, 1.165) is 27.7 Å². The number of halogens is 1. The van der Waals surface area contributed by atoms with E-state index < -0.39 is 0 Å². The van der Waals surface area contributed by atoms with Crippen molar-refractivity contribution in [2.75, 3.05) is 5.73 Å². The van der Waals surface area contributed by atoms with Crippen molar-refractivity contribution in [3.8, 4) is 11.6 Å². The first-order valence-corrected chi connectivity index (χ1v) is 6.57. The van der Waals surface area contributed by atoms with Gasteiger partial charge in [-0.15, -0.1) is 0 Å². The number of hydrogen-bond donors (Lipinski definition) is 1. The first-order chi connectivity index (χ1) is 8.13. The highest BCUT2D eigenvalue weighted by Crippen LogP contribution is 2.25. The Hall–Kier alpha value is -1.11. The lowest BCUT2D eigenvalue weighted by atomic mass is 10.2. The molecule has 2 aromatic heterocycles. The van der Waals surface area contributed by atoms with Crippen LogP contribution in [0.25, 0.3) is 11.6 Å². The summed E-state index contributed by atoms with van der Waals surface area (Å²) in [6, 6.07) is 1.90. The van der Waals surface area contributed by atoms with E-state index in [4.69, 9.17) is 10.2 Å². The van der Waals surface area contributed by atoms with E-state index in [-0.39, 0.29) is 0 Å². The highest BCUT2D eigenvalue weighted by Gasteiger charge is 2.14. The van der Waals surface area contributed by atoms with Crippen molar-refractivity contribution in [1.82, 2.24) is 9.97 Å². The monoisotopic (exact) mass is 343 g/mol. The average molecular weight is 343 g/mol. The van der Waals surface area contributed by atoms with Crippen LogP contribution in [0.1, 0.15) is 24.6 Å². The van der Waals surface area contributed by atoms with Gasteiger partial charge >= 0.3 is 0 Å². The highest BCUT2D eigenvalue weighted by atomic mass is 127. The topological polar surface area (TPSA) is 64.9 Å². The minimum atomic E-state index is 0.523. The molecule has 0 unspecified atom stereocenters. The van der Waals surface area contributed by atoms with Gasteiger partial charge < -0.3 is 10.2 Å². The van der Waals surface area contributed by atoms with Crippen LogP contribution >= 0.6 is 22.6 Å². The molecule has 0 saturated heterocycles. The van der Waals surface area contributed by atoms with Gasteiger partial charge in [0.25, 0.3) is 0 Å². The largest absolute Gasteiger partial charge is 0.461 e. The summed E-state index contributed by atoms with van der Waals surface area (Å²) in [7, 11) is 0. The van der Waals surface area contributed by atoms with Gasteiger partial charge in [-0.2, -0.15) is 0 Å². The highest BCUT2D eigenvalue weighted by molar-refractivity contribution is 14.1. The molecule has 5 heteroatoms. The van der Waals surface area contributed by atoms with Gasteiger partial charge in [-0.1, -0.05) is 13.3 Å². The van der Waals surface area contributed by atoms with E-state index in [1.807, 2.05) is 13.0 Å². The van der Waals surface area contributed by atoms with Gasteiger partial charge in [0.2, 0.25) is 0 Å². The van der Waals surface area contributed by atoms with E-state index in [0.29, 0.717) is 17.4 Å². The lowest BCUT2D eigenvalue weighted by Crippen LogP contribution is -2.05. The summed E-state index contributed by atoms with van der Waals surface area (Å²) in [5.41, 5.74) is 7.92. The molecule has 17 heavy (non-hydrogen) atoms. The molecule has 0 fully saturated rings. The molecule has 0 spiro atoms. The number of nitrogen functional groups attached to an aromatic ring is 1. The third-order valence-electron chi connectivity index (χ3n) is 2.50. The predicted octanol–water partition coefficient (Wildman–Crippen LogP) is 3.18. The lowest BCUT2D eigenvalue weighted by Gasteiger charge is -2.07. The predicted molar refractivity (Wildman–Crippen MR) is 75.6 cm³/mol. The number of nitrogens with two attached hydrogens (primary N) is 1. The Bertz CT molecular complexity index is 537. The minimum Gasteiger partial charge on any atom is -0.461 e. The quantitative estimate of drug-likeness (QED) is 0.870. The third-order valence-corrected chi connectivity index (χ3v) is 3.67. The summed E-state index contributed by atoms with van der Waals surface area (Å²) in [6.45, 7) is 4.09. The van der Waals surface area contributed by atoms with Crippen molar-refractivity contribution in [2.24, 2.45) is 0 Å². The SMILES string of the molecule is CCCc1nc(-c2occc2C)nc(N)c1I. The van der Waals surface area contributed by atoms with E-state index in [1.54, 1.807) is 6.26 Å². The number of aromatic nitrogens is 2. The summed E-state index contributed by atoms with van der Waals surface area (Å²) in [5.74, 6) is 1.80. The van der Waals surface area contributed by atoms with Crippen LogP contribution in [0, 0.1) is 10.5 Å². The van der Waals surface area contributed by atoms with Gasteiger partial charge in [-0.3, -0.25) is 0 Å². The fraction of sp³-hybridized carbons (Fsp3) is 0.333. The molecule has 0 aliphatic heterocycles. The Balaban J connectivity index is 2.53. The summed E-state index contributed by atoms with van der Waals surface area (Å²) in [4.78, 5) is 8.82. The van der Waals surface area contributed by atoms with E-state index >= 15 is 0 Å². The van der Waals surface area contributed by atoms with Crippen LogP contribution in [-0.4, -0.2) is 9.97 Å². The zero-order chi connectivity index (χ0) is 12.4. The van der Waals surface area contributed by atoms with Gasteiger partial charge in [0, 0.05) is 0 Å². The average Bonchev–Trinajstić information content (AvgIpc) is 2.71. The van der Waals surface area contributed by atoms with Crippen LogP contribution in [0.3, 0.4) is 0 Å². The molecular formula is C12H14IN3O. The van der Waals surface area contributed by atoms with Crippen LogP contribution in [0.4, 0.5) is 5.82 Å². The molecule has 0 aliphatic rings. The molecule has 90 valence electrons. The van der Waals surface area contributed by atoms with Gasteiger partial charge in [0.15, 0.2) is 11.6 Å². The minimum absolute atomic E-state index is 0.523. The fourth-order valence-corrected chi connectivity index (χ4v) is 2.13. The first kappa shape index (κ1) is 12.3. The molecule has 4 nitrogen and oxygen atoms in total. The van der Waals surface area contributed by atoms with E-state index in [9.17, 15) is 0 Å². The molecule has 0 bridgehead atoms. The molecule has 0 saturated carbocycles. The maximum Gasteiger partial charge on any atom is 0.198 e. The molecule has 0 aromatic carbocycles. The van der Waals surface area contributed by atoms with Gasteiger partial charge in [0.1, 0.15) is 5.82 Å². The van der Waals surface area contributed by atoms with Crippen molar-refractivity contribution >= 4 is 28.4 Å². The van der Waals surface area contributed by atoms with Crippen molar-refractivity contribution < 1.29 is 4.42 Å². The van der Waals surface area contributed by atoms with Gasteiger partial charge in [-0.05, 0) is 47.6 Å². The molecular weight excluding hydrogens is 329 g/mol. The molecule has 0 amide bonds. The number of rotatable bonds is 3. The molecule has 2 rings (SSSR count). The molecule has 0 aliphatic carbocycles. The number of furan rings is 1. The zero-order valence-electron chi connectivity index (χ0n) is 9.83. The summed E-state index contributed by atoms with van der Waals surface area (Å²) in [5, 5.41) is 0. The van der Waals surface area contributed by atoms with E-state index in [2.05, 4.69) is 39.5 Å². The number of anilines is 1. The van der Waals surface area contributed by atoms with Crippen LogP contribution in [-0.2, 0) is 6.42 Å². The van der Waals surface area contributed by atoms with Crippen LogP contribution in [0.15, 0.2) is 16.7 Å². The second kappa shape index (κ2) is 5.03. The van der Waals surface area contributed by atoms with Gasteiger partial charge in [0.05, 0.1) is 15.5 Å². The Morgan fingerprint density at radius 2 is 2.18 bits per heavy atom. The summed E-state index contributed by atoms with van der Waals surface area (Å²) < 4.78 is 6.34. The molecule has 0 radical (unpaired) electrons. The molecule has 2 aromatic rings. The summed E-state index contributed by atoms with van der Waals surface area (Å²) >= 11 is 2.19. The maximum absolute atomic E-state index is 5.91. The second-order valence-electron chi connectivity index (χ2n) is 3.88. The number of nitrogens with zero attached hydrogens (tertiary/aromatic N) is 2. The first-order valence-electron chi connectivity index (χ1n) is 5.49. The lowest BCUT2D eigenvalue weighted by molar-refractivity contribution is 0.575. The zero-order valence-corrected chi connectivity index (χ0v) is 12.0. The third kappa shape index (κ3) is 2.43. The number of aryl methyl sites for hydroxylation is 2. The number of hydrogen-bond acceptors (Lipinski definition) is 4. The normalized spacial score (nSPS) is 10.8. The van der Waals surface area contributed by atoms with Crippen molar-refractivity contribution in [2.45, 2.75) is 26.7 Å². The second-order valence-corrected chi connectivity index (χ2v) is 4.95. The summed E-state index contributed by atoms with van der Waals surface area (Å²) in [6.07, 6.45) is 3.57. The molecule has 0 atom stereocenters. The Morgan fingerprint density at radius 3 is 2.76 bits per heavy atom. The molecule has 2 heterocycles. The Labute approximate surface area is 114 Å². The van der Waals surface area contributed by atoms with Crippen LogP contribution < -0.4 is 5.73 Å². The van der Waals surface area contributed by atoms with Crippen LogP contribution in [0.2, 0.25) is 0 Å². The van der Waals surface area contributed by atoms with Crippen molar-refractivity contribution in [1.29, 1.82) is 0 Å². The molecule has 2 N–H and O–H groups in total. The standard InChI is InChI=1S/C12H14IN3O/c1-3-4-8-9(13)11(14)16-12(15-8)10-7(2)5-6-17-10/h5-6H,3-4H2,1-2H3,(H2,14,15,16). The Morgan fingerprint density at radius 1 is 1.41 bits per heavy atom. The Kier molecular flexibility index (Phi) is 3.66. The van der Waals surface area contributed by atoms with Gasteiger partial charge in [-0.25, -0.2) is 9.97 Å². The van der Waals surface area contributed by atoms with E-state index in [1.165, 1.54) is 0 Å². The van der Waals surface area contributed by atoms with Crippen molar-refractivity contribution in [3.05, 3.63) is 27.2 Å². The maximum atomic E-state index is 5.91.